The molecule has 0 saturated carbocycles. The SMILES string of the molecule is COC(=O)c1ccc(Br)cc1[CH]O. The smallest absolute Gasteiger partial charge is 0.338 e. The van der Waals surface area contributed by atoms with E-state index in [1.165, 1.54) is 7.11 Å². The summed E-state index contributed by atoms with van der Waals surface area (Å²) < 4.78 is 5.33. The second-order valence-corrected chi connectivity index (χ2v) is 3.27. The Balaban J connectivity index is 3.13. The summed E-state index contributed by atoms with van der Waals surface area (Å²) in [5.74, 6) is -0.465. The first-order valence-corrected chi connectivity index (χ1v) is 4.33. The van der Waals surface area contributed by atoms with Crippen molar-refractivity contribution in [2.75, 3.05) is 7.11 Å². The Morgan fingerprint density at radius 2 is 2.31 bits per heavy atom. The normalized spacial score (nSPS) is 9.77. The van der Waals surface area contributed by atoms with Gasteiger partial charge in [-0.25, -0.2) is 4.79 Å². The highest BCUT2D eigenvalue weighted by Gasteiger charge is 2.10. The van der Waals surface area contributed by atoms with Gasteiger partial charge in [-0.05, 0) is 23.8 Å². The van der Waals surface area contributed by atoms with Gasteiger partial charge < -0.3 is 9.84 Å². The van der Waals surface area contributed by atoms with Gasteiger partial charge in [0.05, 0.1) is 12.7 Å². The van der Waals surface area contributed by atoms with E-state index in [0.717, 1.165) is 11.1 Å². The Bertz CT molecular complexity index is 323. The standard InChI is InChI=1S/C9H8BrO3/c1-13-9(12)8-3-2-7(10)4-6(8)5-11/h2-5,11H,1H3. The van der Waals surface area contributed by atoms with Crippen molar-refractivity contribution in [3.8, 4) is 0 Å². The van der Waals surface area contributed by atoms with Gasteiger partial charge >= 0.3 is 5.97 Å². The maximum absolute atomic E-state index is 11.1. The molecule has 69 valence electrons. The van der Waals surface area contributed by atoms with Crippen LogP contribution in [-0.2, 0) is 4.74 Å². The maximum Gasteiger partial charge on any atom is 0.338 e. The number of carbonyl (C=O) groups excluding carboxylic acids is 1. The van der Waals surface area contributed by atoms with Crippen molar-refractivity contribution in [3.05, 3.63) is 40.4 Å². The topological polar surface area (TPSA) is 46.5 Å². The van der Waals surface area contributed by atoms with E-state index in [9.17, 15) is 4.79 Å². The van der Waals surface area contributed by atoms with Crippen LogP contribution < -0.4 is 0 Å². The van der Waals surface area contributed by atoms with Gasteiger partial charge in [-0.1, -0.05) is 15.9 Å². The summed E-state index contributed by atoms with van der Waals surface area (Å²) in [6.07, 6.45) is 0. The average molecular weight is 244 g/mol. The molecule has 0 fully saturated rings. The second-order valence-electron chi connectivity index (χ2n) is 2.35. The van der Waals surface area contributed by atoms with E-state index in [-0.39, 0.29) is 0 Å². The van der Waals surface area contributed by atoms with Crippen molar-refractivity contribution in [2.24, 2.45) is 0 Å². The molecular weight excluding hydrogens is 236 g/mol. The van der Waals surface area contributed by atoms with Gasteiger partial charge in [0.1, 0.15) is 6.61 Å². The van der Waals surface area contributed by atoms with Crippen LogP contribution in [0.15, 0.2) is 22.7 Å². The van der Waals surface area contributed by atoms with Crippen molar-refractivity contribution in [1.29, 1.82) is 0 Å². The molecule has 1 radical (unpaired) electrons. The predicted octanol–water partition coefficient (Wildman–Crippen LogP) is 2.12. The first kappa shape index (κ1) is 10.2. The number of aliphatic hydroxyl groups is 1. The number of ether oxygens (including phenoxy) is 1. The third-order valence-corrected chi connectivity index (χ3v) is 2.05. The minimum absolute atomic E-state index is 0.341. The van der Waals surface area contributed by atoms with Gasteiger partial charge in [-0.2, -0.15) is 0 Å². The van der Waals surface area contributed by atoms with Crippen LogP contribution >= 0.6 is 15.9 Å². The van der Waals surface area contributed by atoms with E-state index in [1.54, 1.807) is 18.2 Å². The highest BCUT2D eigenvalue weighted by Crippen LogP contribution is 2.18. The Labute approximate surface area is 84.5 Å². The van der Waals surface area contributed by atoms with Crippen molar-refractivity contribution in [2.45, 2.75) is 0 Å². The minimum atomic E-state index is -0.465. The summed E-state index contributed by atoms with van der Waals surface area (Å²) in [5, 5.41) is 8.83. The van der Waals surface area contributed by atoms with Gasteiger partial charge in [0.25, 0.3) is 0 Å². The molecular formula is C9H8BrO3. The summed E-state index contributed by atoms with van der Waals surface area (Å²) in [6.45, 7) is 0.872. The van der Waals surface area contributed by atoms with Crippen LogP contribution in [-0.4, -0.2) is 18.2 Å². The molecule has 4 heteroatoms. The average Bonchev–Trinajstić information content (AvgIpc) is 2.16. The first-order valence-electron chi connectivity index (χ1n) is 3.54. The number of aliphatic hydroxyl groups excluding tert-OH is 1. The van der Waals surface area contributed by atoms with Crippen LogP contribution in [0.5, 0.6) is 0 Å². The second kappa shape index (κ2) is 4.39. The zero-order valence-electron chi connectivity index (χ0n) is 6.95. The molecule has 0 atom stereocenters. The molecule has 0 unspecified atom stereocenters. The third-order valence-electron chi connectivity index (χ3n) is 1.56. The molecule has 0 aromatic heterocycles. The Kier molecular flexibility index (Phi) is 3.45. The lowest BCUT2D eigenvalue weighted by atomic mass is 10.1. The number of methoxy groups -OCH3 is 1. The zero-order valence-corrected chi connectivity index (χ0v) is 8.54. The van der Waals surface area contributed by atoms with Crippen molar-refractivity contribution >= 4 is 21.9 Å². The van der Waals surface area contributed by atoms with Crippen molar-refractivity contribution < 1.29 is 14.6 Å². The molecule has 1 aromatic carbocycles. The quantitative estimate of drug-likeness (QED) is 0.810. The van der Waals surface area contributed by atoms with Crippen LogP contribution in [0.3, 0.4) is 0 Å². The largest absolute Gasteiger partial charge is 0.465 e. The molecule has 0 aliphatic carbocycles. The first-order chi connectivity index (χ1) is 6.19. The fourth-order valence-corrected chi connectivity index (χ4v) is 1.32. The fourth-order valence-electron chi connectivity index (χ4n) is 0.936. The zero-order chi connectivity index (χ0) is 9.84. The maximum atomic E-state index is 11.1. The number of hydrogen-bond acceptors (Lipinski definition) is 3. The monoisotopic (exact) mass is 243 g/mol. The predicted molar refractivity (Wildman–Crippen MR) is 50.8 cm³/mol. The van der Waals surface area contributed by atoms with E-state index < -0.39 is 5.97 Å². The highest BCUT2D eigenvalue weighted by atomic mass is 79.9. The number of benzene rings is 1. The molecule has 1 rings (SSSR count). The molecule has 0 saturated heterocycles. The summed E-state index contributed by atoms with van der Waals surface area (Å²) in [7, 11) is 1.30. The lowest BCUT2D eigenvalue weighted by Gasteiger charge is -2.04. The third kappa shape index (κ3) is 2.29. The summed E-state index contributed by atoms with van der Waals surface area (Å²) >= 11 is 3.22. The number of esters is 1. The van der Waals surface area contributed by atoms with E-state index >= 15 is 0 Å². The minimum Gasteiger partial charge on any atom is -0.465 e. The van der Waals surface area contributed by atoms with Crippen LogP contribution in [0.2, 0.25) is 0 Å². The van der Waals surface area contributed by atoms with E-state index in [2.05, 4.69) is 20.7 Å². The lowest BCUT2D eigenvalue weighted by Crippen LogP contribution is -2.04. The molecule has 0 bridgehead atoms. The van der Waals surface area contributed by atoms with Crippen molar-refractivity contribution in [3.63, 3.8) is 0 Å². The van der Waals surface area contributed by atoms with Crippen molar-refractivity contribution in [1.82, 2.24) is 0 Å². The summed E-state index contributed by atoms with van der Waals surface area (Å²) in [6, 6.07) is 4.92. The molecule has 0 aliphatic rings. The van der Waals surface area contributed by atoms with E-state index in [4.69, 9.17) is 5.11 Å². The molecule has 1 aromatic rings. The molecule has 3 nitrogen and oxygen atoms in total. The number of halogens is 1. The number of hydrogen-bond donors (Lipinski definition) is 1. The van der Waals surface area contributed by atoms with Crippen LogP contribution in [0, 0.1) is 6.61 Å². The van der Waals surface area contributed by atoms with Gasteiger partial charge in [0.2, 0.25) is 0 Å². The van der Waals surface area contributed by atoms with Crippen LogP contribution in [0.1, 0.15) is 15.9 Å². The van der Waals surface area contributed by atoms with Crippen LogP contribution in [0.25, 0.3) is 0 Å². The van der Waals surface area contributed by atoms with Gasteiger partial charge in [-0.15, -0.1) is 0 Å². The highest BCUT2D eigenvalue weighted by molar-refractivity contribution is 9.10. The summed E-state index contributed by atoms with van der Waals surface area (Å²) in [4.78, 5) is 11.1. The molecule has 0 spiro atoms. The van der Waals surface area contributed by atoms with Gasteiger partial charge in [0.15, 0.2) is 0 Å². The molecule has 13 heavy (non-hydrogen) atoms. The van der Waals surface area contributed by atoms with Crippen LogP contribution in [0.4, 0.5) is 0 Å². The van der Waals surface area contributed by atoms with E-state index in [0.29, 0.717) is 11.1 Å². The molecule has 1 N–H and O–H groups in total. The lowest BCUT2D eigenvalue weighted by molar-refractivity contribution is 0.0599. The van der Waals surface area contributed by atoms with Gasteiger partial charge in [-0.3, -0.25) is 0 Å². The molecule has 0 amide bonds. The van der Waals surface area contributed by atoms with E-state index in [1.807, 2.05) is 0 Å². The molecule has 0 aliphatic heterocycles. The number of rotatable bonds is 2. The Morgan fingerprint density at radius 1 is 1.62 bits per heavy atom. The summed E-state index contributed by atoms with van der Waals surface area (Å²) in [5.41, 5.74) is 0.773. The fraction of sp³-hybridized carbons (Fsp3) is 0.111. The number of carbonyl (C=O) groups is 1. The Hall–Kier alpha value is -0.870. The van der Waals surface area contributed by atoms with Gasteiger partial charge in [0, 0.05) is 4.47 Å². The Morgan fingerprint density at radius 3 is 2.85 bits per heavy atom. The molecule has 0 heterocycles.